The molecule has 6 nitrogen and oxygen atoms in total. The van der Waals surface area contributed by atoms with Crippen LogP contribution in [0.1, 0.15) is 12.6 Å². The largest absolute Gasteiger partial charge is 0.492 e. The van der Waals surface area contributed by atoms with Gasteiger partial charge in [-0.2, -0.15) is 5.10 Å². The Bertz CT molecular complexity index is 1440. The molecule has 0 N–H and O–H groups in total. The maximum Gasteiger partial charge on any atom is 0.121 e. The van der Waals surface area contributed by atoms with Crippen LogP contribution in [0, 0.1) is 6.92 Å². The molecule has 4 heterocycles. The third-order valence-electron chi connectivity index (χ3n) is 6.03. The summed E-state index contributed by atoms with van der Waals surface area (Å²) in [6, 6.07) is 20.6. The number of aromatic nitrogens is 4. The minimum Gasteiger partial charge on any atom is -0.492 e. The van der Waals surface area contributed by atoms with E-state index in [2.05, 4.69) is 49.1 Å². The maximum absolute atomic E-state index is 6.04. The van der Waals surface area contributed by atoms with Crippen molar-refractivity contribution >= 4 is 16.4 Å². The molecule has 0 aliphatic heterocycles. The van der Waals surface area contributed by atoms with Crippen molar-refractivity contribution in [1.82, 2.24) is 24.5 Å². The molecule has 1 atom stereocenters. The minimum absolute atomic E-state index is 0.322. The van der Waals surface area contributed by atoms with Gasteiger partial charge in [-0.1, -0.05) is 12.1 Å². The first-order chi connectivity index (χ1) is 16.0. The number of likely N-dealkylation sites (N-methyl/N-ethyl adjacent to an activating group) is 1. The van der Waals surface area contributed by atoms with Crippen molar-refractivity contribution in [2.24, 2.45) is 0 Å². The lowest BCUT2D eigenvalue weighted by molar-refractivity contribution is 0.198. The highest BCUT2D eigenvalue weighted by molar-refractivity contribution is 6.03. The van der Waals surface area contributed by atoms with Crippen molar-refractivity contribution in [3.05, 3.63) is 78.8 Å². The fourth-order valence-electron chi connectivity index (χ4n) is 3.92. The molecule has 33 heavy (non-hydrogen) atoms. The molecule has 0 saturated heterocycles. The van der Waals surface area contributed by atoms with E-state index in [0.717, 1.165) is 50.4 Å². The lowest BCUT2D eigenvalue weighted by Crippen LogP contribution is -2.30. The van der Waals surface area contributed by atoms with Gasteiger partial charge in [0.2, 0.25) is 0 Å². The van der Waals surface area contributed by atoms with Crippen molar-refractivity contribution < 1.29 is 4.74 Å². The summed E-state index contributed by atoms with van der Waals surface area (Å²) in [6.45, 7) is 4.76. The molecule has 0 fully saturated rings. The number of pyridine rings is 3. The summed E-state index contributed by atoms with van der Waals surface area (Å²) in [7, 11) is 4.11. The monoisotopic (exact) mass is 437 g/mol. The van der Waals surface area contributed by atoms with Crippen molar-refractivity contribution in [2.75, 3.05) is 20.7 Å². The van der Waals surface area contributed by atoms with E-state index in [1.165, 1.54) is 0 Å². The summed E-state index contributed by atoms with van der Waals surface area (Å²) in [4.78, 5) is 11.5. The quantitative estimate of drug-likeness (QED) is 0.363. The van der Waals surface area contributed by atoms with Gasteiger partial charge >= 0.3 is 0 Å². The van der Waals surface area contributed by atoms with E-state index in [0.29, 0.717) is 12.6 Å². The van der Waals surface area contributed by atoms with Crippen LogP contribution < -0.4 is 4.74 Å². The number of ether oxygens (including phenoxy) is 1. The zero-order chi connectivity index (χ0) is 22.9. The number of rotatable bonds is 6. The van der Waals surface area contributed by atoms with E-state index in [-0.39, 0.29) is 0 Å². The lowest BCUT2D eigenvalue weighted by atomic mass is 9.98. The number of aryl methyl sites for hydroxylation is 1. The van der Waals surface area contributed by atoms with Crippen LogP contribution in [0.25, 0.3) is 38.9 Å². The van der Waals surface area contributed by atoms with E-state index in [9.17, 15) is 0 Å². The first kappa shape index (κ1) is 21.1. The van der Waals surface area contributed by atoms with Gasteiger partial charge in [-0.05, 0) is 76.0 Å². The van der Waals surface area contributed by atoms with E-state index >= 15 is 0 Å². The third kappa shape index (κ3) is 4.05. The smallest absolute Gasteiger partial charge is 0.121 e. The number of benzene rings is 1. The average Bonchev–Trinajstić information content (AvgIpc) is 3.21. The summed E-state index contributed by atoms with van der Waals surface area (Å²) in [5.41, 5.74) is 6.73. The van der Waals surface area contributed by atoms with Crippen LogP contribution >= 0.6 is 0 Å². The van der Waals surface area contributed by atoms with Crippen LogP contribution in [-0.4, -0.2) is 51.2 Å². The number of nitrogens with zero attached hydrogens (tertiary/aromatic N) is 5. The zero-order valence-electron chi connectivity index (χ0n) is 19.4. The normalized spacial score (nSPS) is 12.5. The molecule has 0 aliphatic rings. The highest BCUT2D eigenvalue weighted by atomic mass is 16.5. The molecule has 0 saturated carbocycles. The molecule has 5 aromatic rings. The van der Waals surface area contributed by atoms with Crippen molar-refractivity contribution in [3.8, 4) is 28.3 Å². The summed E-state index contributed by atoms with van der Waals surface area (Å²) in [6.07, 6.45) is 3.82. The van der Waals surface area contributed by atoms with E-state index in [1.807, 2.05) is 66.3 Å². The SMILES string of the molecule is Cc1cccc(-c2nn3ccccc3c2-c2ccnc3cc(OCC(C)N(C)C)ccc23)n1. The molecule has 0 bridgehead atoms. The number of hydrogen-bond acceptors (Lipinski definition) is 5. The first-order valence-corrected chi connectivity index (χ1v) is 11.1. The number of hydrogen-bond donors (Lipinski definition) is 0. The highest BCUT2D eigenvalue weighted by Gasteiger charge is 2.19. The summed E-state index contributed by atoms with van der Waals surface area (Å²) >= 11 is 0. The minimum atomic E-state index is 0.322. The molecular weight excluding hydrogens is 410 g/mol. The average molecular weight is 438 g/mol. The fourth-order valence-corrected chi connectivity index (χ4v) is 3.92. The molecular formula is C27H27N5O. The van der Waals surface area contributed by atoms with E-state index in [1.54, 1.807) is 0 Å². The molecule has 0 spiro atoms. The van der Waals surface area contributed by atoms with Crippen LogP contribution in [-0.2, 0) is 0 Å². The Balaban J connectivity index is 1.65. The van der Waals surface area contributed by atoms with Gasteiger partial charge in [0, 0.05) is 41.1 Å². The molecule has 4 aromatic heterocycles. The second kappa shape index (κ2) is 8.64. The van der Waals surface area contributed by atoms with E-state index in [4.69, 9.17) is 14.8 Å². The van der Waals surface area contributed by atoms with Crippen molar-refractivity contribution in [1.29, 1.82) is 0 Å². The first-order valence-electron chi connectivity index (χ1n) is 11.1. The van der Waals surface area contributed by atoms with Gasteiger partial charge in [0.25, 0.3) is 0 Å². The van der Waals surface area contributed by atoms with Crippen LogP contribution in [0.4, 0.5) is 0 Å². The lowest BCUT2D eigenvalue weighted by Gasteiger charge is -2.20. The predicted octanol–water partition coefficient (Wildman–Crippen LogP) is 5.25. The fraction of sp³-hybridized carbons (Fsp3) is 0.222. The van der Waals surface area contributed by atoms with Gasteiger partial charge in [0.1, 0.15) is 18.1 Å². The molecule has 166 valence electrons. The molecule has 1 unspecified atom stereocenters. The van der Waals surface area contributed by atoms with Crippen LogP contribution in [0.5, 0.6) is 5.75 Å². The Labute approximate surface area is 193 Å². The van der Waals surface area contributed by atoms with Crippen LogP contribution in [0.2, 0.25) is 0 Å². The summed E-state index contributed by atoms with van der Waals surface area (Å²) in [5, 5.41) is 5.95. The molecule has 0 aliphatic carbocycles. The Kier molecular flexibility index (Phi) is 5.52. The topological polar surface area (TPSA) is 55.6 Å². The van der Waals surface area contributed by atoms with Crippen LogP contribution in [0.3, 0.4) is 0 Å². The van der Waals surface area contributed by atoms with Gasteiger partial charge in [-0.25, -0.2) is 4.52 Å². The Morgan fingerprint density at radius 3 is 2.73 bits per heavy atom. The molecule has 6 heteroatoms. The number of fused-ring (bicyclic) bond motifs is 2. The Morgan fingerprint density at radius 2 is 1.91 bits per heavy atom. The van der Waals surface area contributed by atoms with Gasteiger partial charge in [-0.15, -0.1) is 0 Å². The third-order valence-corrected chi connectivity index (χ3v) is 6.03. The van der Waals surface area contributed by atoms with Gasteiger partial charge < -0.3 is 9.64 Å². The van der Waals surface area contributed by atoms with Crippen molar-refractivity contribution in [2.45, 2.75) is 19.9 Å². The van der Waals surface area contributed by atoms with E-state index < -0.39 is 0 Å². The highest BCUT2D eigenvalue weighted by Crippen LogP contribution is 2.38. The molecule has 1 aromatic carbocycles. The Morgan fingerprint density at radius 1 is 1.03 bits per heavy atom. The predicted molar refractivity (Wildman–Crippen MR) is 133 cm³/mol. The molecule has 0 amide bonds. The van der Waals surface area contributed by atoms with Gasteiger partial charge in [-0.3, -0.25) is 9.97 Å². The molecule has 0 radical (unpaired) electrons. The standard InChI is InChI=1S/C27H27N5O/c1-18-8-7-9-23(29-18)27-26(25-10-5-6-15-32(25)30-27)22-13-14-28-24-16-20(11-12-21(22)24)33-17-19(2)31(3)4/h5-16,19H,17H2,1-4H3. The molecule has 5 rings (SSSR count). The zero-order valence-corrected chi connectivity index (χ0v) is 19.4. The van der Waals surface area contributed by atoms with Gasteiger partial charge in [0.15, 0.2) is 0 Å². The van der Waals surface area contributed by atoms with Gasteiger partial charge in [0.05, 0.1) is 16.7 Å². The second-order valence-corrected chi connectivity index (χ2v) is 8.58. The Hall–Kier alpha value is -3.77. The van der Waals surface area contributed by atoms with Crippen LogP contribution in [0.15, 0.2) is 73.1 Å². The second-order valence-electron chi connectivity index (χ2n) is 8.58. The maximum atomic E-state index is 6.04. The summed E-state index contributed by atoms with van der Waals surface area (Å²) < 4.78 is 7.95. The summed E-state index contributed by atoms with van der Waals surface area (Å²) in [5.74, 6) is 0.821. The van der Waals surface area contributed by atoms with Crippen molar-refractivity contribution in [3.63, 3.8) is 0 Å².